The van der Waals surface area contributed by atoms with Gasteiger partial charge < -0.3 is 10.0 Å². The van der Waals surface area contributed by atoms with Gasteiger partial charge in [-0.25, -0.2) is 4.79 Å². The van der Waals surface area contributed by atoms with Gasteiger partial charge in [0.2, 0.25) is 11.7 Å². The molecule has 0 radical (unpaired) electrons. The molecule has 0 aliphatic heterocycles. The molecule has 33 heavy (non-hydrogen) atoms. The van der Waals surface area contributed by atoms with Crippen molar-refractivity contribution >= 4 is 22.6 Å². The zero-order chi connectivity index (χ0) is 23.4. The van der Waals surface area contributed by atoms with Crippen molar-refractivity contribution in [2.45, 2.75) is 39.3 Å². The monoisotopic (exact) mass is 443 g/mol. The standard InChI is InChI=1S/C25H25N5O3/c1-3-4-23(31)30(16(2)25(32)33)15-17-5-6-22-14-21(12-11-20(22)13-17)18-7-9-19(10-8-18)24-26-28-29-27-24/h5-14,16H,3-4,15H2,1-2H3,(H,32,33)(H,26,27,28,29). The lowest BCUT2D eigenvalue weighted by molar-refractivity contribution is -0.150. The lowest BCUT2D eigenvalue weighted by Gasteiger charge is -2.26. The molecular formula is C25H25N5O3. The van der Waals surface area contributed by atoms with Crippen LogP contribution in [0.2, 0.25) is 0 Å². The highest BCUT2D eigenvalue weighted by Gasteiger charge is 2.25. The predicted molar refractivity (Wildman–Crippen MR) is 125 cm³/mol. The number of rotatable bonds is 8. The molecule has 0 saturated carbocycles. The van der Waals surface area contributed by atoms with E-state index in [1.165, 1.54) is 4.90 Å². The fourth-order valence-corrected chi connectivity index (χ4v) is 3.80. The highest BCUT2D eigenvalue weighted by atomic mass is 16.4. The van der Waals surface area contributed by atoms with Crippen LogP contribution in [0.25, 0.3) is 33.3 Å². The van der Waals surface area contributed by atoms with Gasteiger partial charge in [0.1, 0.15) is 6.04 Å². The number of carboxylic acid groups (broad SMARTS) is 1. The summed E-state index contributed by atoms with van der Waals surface area (Å²) in [4.78, 5) is 25.5. The molecule has 0 spiro atoms. The number of aromatic amines is 1. The number of carbonyl (C=O) groups is 2. The SMILES string of the molecule is CCCC(=O)N(Cc1ccc2cc(-c3ccc(-c4nn[nH]n4)cc3)ccc2c1)C(C)C(=O)O. The number of aliphatic carboxylic acids is 1. The molecule has 1 atom stereocenters. The Morgan fingerprint density at radius 3 is 2.30 bits per heavy atom. The van der Waals surface area contributed by atoms with Crippen molar-refractivity contribution < 1.29 is 14.7 Å². The Kier molecular flexibility index (Phi) is 6.44. The molecule has 0 fully saturated rings. The number of nitrogens with one attached hydrogen (secondary N) is 1. The van der Waals surface area contributed by atoms with Crippen LogP contribution in [0.4, 0.5) is 0 Å². The van der Waals surface area contributed by atoms with E-state index in [-0.39, 0.29) is 12.5 Å². The van der Waals surface area contributed by atoms with Crippen LogP contribution >= 0.6 is 0 Å². The minimum Gasteiger partial charge on any atom is -0.480 e. The molecule has 2 N–H and O–H groups in total. The van der Waals surface area contributed by atoms with E-state index in [9.17, 15) is 14.7 Å². The first-order valence-electron chi connectivity index (χ1n) is 10.9. The van der Waals surface area contributed by atoms with Gasteiger partial charge in [0.25, 0.3) is 0 Å². The number of carboxylic acids is 1. The number of benzene rings is 3. The van der Waals surface area contributed by atoms with Gasteiger partial charge in [-0.2, -0.15) is 5.21 Å². The Labute approximate surface area is 191 Å². The summed E-state index contributed by atoms with van der Waals surface area (Å²) in [5.74, 6) is -0.599. The summed E-state index contributed by atoms with van der Waals surface area (Å²) in [6.45, 7) is 3.72. The fraction of sp³-hybridized carbons (Fsp3) is 0.240. The molecule has 1 aromatic heterocycles. The van der Waals surface area contributed by atoms with E-state index in [4.69, 9.17) is 0 Å². The van der Waals surface area contributed by atoms with Crippen LogP contribution in [0.15, 0.2) is 60.7 Å². The van der Waals surface area contributed by atoms with E-state index in [1.54, 1.807) is 6.92 Å². The molecular weight excluding hydrogens is 418 g/mol. The highest BCUT2D eigenvalue weighted by molar-refractivity contribution is 5.88. The highest BCUT2D eigenvalue weighted by Crippen LogP contribution is 2.27. The van der Waals surface area contributed by atoms with Crippen molar-refractivity contribution in [2.24, 2.45) is 0 Å². The molecule has 4 aromatic rings. The minimum atomic E-state index is -1.00. The van der Waals surface area contributed by atoms with Gasteiger partial charge in [-0.15, -0.1) is 10.2 Å². The molecule has 0 bridgehead atoms. The number of nitrogens with zero attached hydrogens (tertiary/aromatic N) is 4. The van der Waals surface area contributed by atoms with Gasteiger partial charge in [0.15, 0.2) is 0 Å². The molecule has 0 aliphatic carbocycles. The first-order valence-corrected chi connectivity index (χ1v) is 10.9. The maximum absolute atomic E-state index is 12.5. The van der Waals surface area contributed by atoms with Gasteiger partial charge in [0.05, 0.1) is 0 Å². The summed E-state index contributed by atoms with van der Waals surface area (Å²) in [6, 6.07) is 19.3. The van der Waals surface area contributed by atoms with Crippen molar-refractivity contribution in [2.75, 3.05) is 0 Å². The Morgan fingerprint density at radius 1 is 0.970 bits per heavy atom. The first kappa shape index (κ1) is 22.1. The second-order valence-electron chi connectivity index (χ2n) is 7.99. The van der Waals surface area contributed by atoms with E-state index in [0.29, 0.717) is 18.7 Å². The molecule has 4 rings (SSSR count). The van der Waals surface area contributed by atoms with Crippen molar-refractivity contribution in [3.8, 4) is 22.5 Å². The second kappa shape index (κ2) is 9.60. The second-order valence-corrected chi connectivity index (χ2v) is 7.99. The topological polar surface area (TPSA) is 112 Å². The summed E-state index contributed by atoms with van der Waals surface area (Å²) < 4.78 is 0. The predicted octanol–water partition coefficient (Wildman–Crippen LogP) is 4.29. The maximum atomic E-state index is 12.5. The van der Waals surface area contributed by atoms with Crippen LogP contribution in [-0.2, 0) is 16.1 Å². The third kappa shape index (κ3) is 4.90. The molecule has 3 aromatic carbocycles. The van der Waals surface area contributed by atoms with Crippen LogP contribution in [-0.4, -0.2) is 48.5 Å². The number of fused-ring (bicyclic) bond motifs is 1. The van der Waals surface area contributed by atoms with Gasteiger partial charge in [0, 0.05) is 18.5 Å². The van der Waals surface area contributed by atoms with E-state index in [0.717, 1.165) is 33.0 Å². The van der Waals surface area contributed by atoms with E-state index in [1.807, 2.05) is 55.5 Å². The number of carbonyl (C=O) groups excluding carboxylic acids is 1. The number of tetrazole rings is 1. The third-order valence-electron chi connectivity index (χ3n) is 5.69. The molecule has 0 aliphatic rings. The molecule has 1 heterocycles. The Balaban J connectivity index is 1.57. The number of hydrogen-bond donors (Lipinski definition) is 2. The largest absolute Gasteiger partial charge is 0.480 e. The van der Waals surface area contributed by atoms with Crippen molar-refractivity contribution in [3.05, 3.63) is 66.2 Å². The summed E-state index contributed by atoms with van der Waals surface area (Å²) in [5, 5.41) is 25.6. The fourth-order valence-electron chi connectivity index (χ4n) is 3.80. The maximum Gasteiger partial charge on any atom is 0.326 e. The molecule has 8 heteroatoms. The normalized spacial score (nSPS) is 11.9. The van der Waals surface area contributed by atoms with Gasteiger partial charge >= 0.3 is 5.97 Å². The lowest BCUT2D eigenvalue weighted by Crippen LogP contribution is -2.42. The van der Waals surface area contributed by atoms with E-state index in [2.05, 4.69) is 32.8 Å². The van der Waals surface area contributed by atoms with E-state index < -0.39 is 12.0 Å². The van der Waals surface area contributed by atoms with Gasteiger partial charge in [-0.1, -0.05) is 55.5 Å². The van der Waals surface area contributed by atoms with Gasteiger partial charge in [-0.3, -0.25) is 4.79 Å². The minimum absolute atomic E-state index is 0.146. The number of aromatic nitrogens is 4. The number of H-pyrrole nitrogens is 1. The quantitative estimate of drug-likeness (QED) is 0.420. The molecule has 8 nitrogen and oxygen atoms in total. The van der Waals surface area contributed by atoms with Crippen LogP contribution in [0, 0.1) is 0 Å². The van der Waals surface area contributed by atoms with Gasteiger partial charge in [-0.05, 0) is 58.2 Å². The number of hydrogen-bond acceptors (Lipinski definition) is 5. The summed E-state index contributed by atoms with van der Waals surface area (Å²) >= 11 is 0. The summed E-state index contributed by atoms with van der Waals surface area (Å²) in [7, 11) is 0. The number of amides is 1. The Bertz CT molecular complexity index is 1270. The smallest absolute Gasteiger partial charge is 0.326 e. The van der Waals surface area contributed by atoms with Crippen LogP contribution in [0.3, 0.4) is 0 Å². The summed E-state index contributed by atoms with van der Waals surface area (Å²) in [6.07, 6.45) is 1.01. The molecule has 1 amide bonds. The zero-order valence-corrected chi connectivity index (χ0v) is 18.5. The Hall–Kier alpha value is -4.07. The molecule has 1 unspecified atom stereocenters. The molecule has 168 valence electrons. The van der Waals surface area contributed by atoms with Crippen molar-refractivity contribution in [3.63, 3.8) is 0 Å². The summed E-state index contributed by atoms with van der Waals surface area (Å²) in [5.41, 5.74) is 3.93. The van der Waals surface area contributed by atoms with Crippen molar-refractivity contribution in [1.82, 2.24) is 25.5 Å². The zero-order valence-electron chi connectivity index (χ0n) is 18.5. The van der Waals surface area contributed by atoms with Crippen LogP contribution < -0.4 is 0 Å². The first-order chi connectivity index (χ1) is 16.0. The average molecular weight is 444 g/mol. The van der Waals surface area contributed by atoms with E-state index >= 15 is 0 Å². The average Bonchev–Trinajstić information content (AvgIpc) is 3.37. The third-order valence-corrected chi connectivity index (χ3v) is 5.69. The van der Waals surface area contributed by atoms with Crippen molar-refractivity contribution in [1.29, 1.82) is 0 Å². The molecule has 0 saturated heterocycles. The van der Waals surface area contributed by atoms with Crippen LogP contribution in [0.5, 0.6) is 0 Å². The lowest BCUT2D eigenvalue weighted by atomic mass is 9.99. The van der Waals surface area contributed by atoms with Crippen LogP contribution in [0.1, 0.15) is 32.3 Å². The Morgan fingerprint density at radius 2 is 1.64 bits per heavy atom.